The molecule has 9 heteroatoms. The van der Waals surface area contributed by atoms with Gasteiger partial charge < -0.3 is 20.7 Å². The number of benzene rings is 2. The number of fused-ring (bicyclic) bond motifs is 1. The monoisotopic (exact) mass is 381 g/mol. The normalized spacial score (nSPS) is 21.6. The predicted molar refractivity (Wildman–Crippen MR) is 96.6 cm³/mol. The largest absolute Gasteiger partial charge is 0.631 e. The first-order valence-electron chi connectivity index (χ1n) is 7.88. The second kappa shape index (κ2) is 6.11. The Hall–Kier alpha value is -2.36. The van der Waals surface area contributed by atoms with E-state index in [0.717, 1.165) is 6.26 Å². The quantitative estimate of drug-likeness (QED) is 0.550. The smallest absolute Gasteiger partial charge is 0.236 e. The summed E-state index contributed by atoms with van der Waals surface area (Å²) in [5.41, 5.74) is 5.93. The molecule has 0 amide bonds. The minimum atomic E-state index is -3.45. The van der Waals surface area contributed by atoms with Crippen molar-refractivity contribution in [3.8, 4) is 5.75 Å². The van der Waals surface area contributed by atoms with Gasteiger partial charge in [0.2, 0.25) is 15.7 Å². The summed E-state index contributed by atoms with van der Waals surface area (Å²) < 4.78 is 44.6. The molecule has 0 aromatic heterocycles. The fourth-order valence-electron chi connectivity index (χ4n) is 3.03. The Labute approximate surface area is 151 Å². The summed E-state index contributed by atoms with van der Waals surface area (Å²) in [7, 11) is -3.45. The molecule has 0 spiro atoms. The molecule has 7 nitrogen and oxygen atoms in total. The minimum absolute atomic E-state index is 0.0449. The Kier molecular flexibility index (Phi) is 4.33. The van der Waals surface area contributed by atoms with Gasteiger partial charge in [-0.15, -0.1) is 0 Å². The van der Waals surface area contributed by atoms with Gasteiger partial charge in [0.25, 0.3) is 0 Å². The summed E-state index contributed by atoms with van der Waals surface area (Å²) in [6, 6.07) is 8.19. The third-order valence-corrected chi connectivity index (χ3v) is 4.81. The zero-order chi connectivity index (χ0) is 19.3. The third kappa shape index (κ3) is 3.46. The van der Waals surface area contributed by atoms with Crippen LogP contribution in [0.2, 0.25) is 0 Å². The zero-order valence-electron chi connectivity index (χ0n) is 14.5. The molecule has 0 radical (unpaired) electrons. The van der Waals surface area contributed by atoms with E-state index in [2.05, 4.69) is 4.72 Å². The fourth-order valence-corrected chi connectivity index (χ4v) is 3.58. The maximum Gasteiger partial charge on any atom is 0.236 e. The van der Waals surface area contributed by atoms with Gasteiger partial charge >= 0.3 is 0 Å². The lowest BCUT2D eigenvalue weighted by Crippen LogP contribution is -3.17. The van der Waals surface area contributed by atoms with Crippen molar-refractivity contribution in [1.29, 1.82) is 0 Å². The number of quaternary nitrogens is 1. The molecule has 1 heterocycles. The van der Waals surface area contributed by atoms with Crippen LogP contribution in [-0.2, 0) is 10.0 Å². The molecule has 1 aliphatic rings. The van der Waals surface area contributed by atoms with Crippen molar-refractivity contribution in [2.24, 2.45) is 0 Å². The highest BCUT2D eigenvalue weighted by Gasteiger charge is 2.41. The Morgan fingerprint density at radius 1 is 1.27 bits per heavy atom. The first-order valence-corrected chi connectivity index (χ1v) is 9.77. The molecule has 0 saturated carbocycles. The summed E-state index contributed by atoms with van der Waals surface area (Å²) in [5.74, 6) is -0.170. The molecule has 4 N–H and O–H groups in total. The van der Waals surface area contributed by atoms with Gasteiger partial charge in [0.05, 0.1) is 23.2 Å². The number of anilines is 2. The lowest BCUT2D eigenvalue weighted by atomic mass is 9.93. The van der Waals surface area contributed by atoms with E-state index in [1.165, 1.54) is 24.3 Å². The summed E-state index contributed by atoms with van der Waals surface area (Å²) in [4.78, 5) is 0. The molecule has 2 atom stereocenters. The number of nitrogens with one attached hydrogen (secondary N) is 2. The highest BCUT2D eigenvalue weighted by atomic mass is 32.2. The average molecular weight is 381 g/mol. The number of hydrogen-bond donors (Lipinski definition) is 3. The molecule has 3 rings (SSSR count). The third-order valence-electron chi connectivity index (χ3n) is 4.20. The topological polar surface area (TPSA) is 109 Å². The summed E-state index contributed by atoms with van der Waals surface area (Å²) in [6.07, 6.45) is 1.05. The molecule has 1 aliphatic heterocycles. The van der Waals surface area contributed by atoms with E-state index in [4.69, 9.17) is 10.5 Å². The van der Waals surface area contributed by atoms with Crippen molar-refractivity contribution in [1.82, 2.24) is 0 Å². The van der Waals surface area contributed by atoms with Gasteiger partial charge in [0.15, 0.2) is 0 Å². The molecule has 2 aromatic carbocycles. The summed E-state index contributed by atoms with van der Waals surface area (Å²) in [6.45, 7) is 3.27. The zero-order valence-corrected chi connectivity index (χ0v) is 15.4. The molecule has 2 aromatic rings. The van der Waals surface area contributed by atoms with Gasteiger partial charge in [-0.1, -0.05) is 0 Å². The molecule has 0 bridgehead atoms. The van der Waals surface area contributed by atoms with Crippen LogP contribution in [0.1, 0.15) is 31.0 Å². The Morgan fingerprint density at radius 2 is 1.96 bits per heavy atom. The fraction of sp³-hybridized carbons (Fsp3) is 0.294. The Morgan fingerprint density at radius 3 is 2.58 bits per heavy atom. The number of halogens is 1. The number of hydrogen-bond acceptors (Lipinski definition) is 5. The molecule has 2 unspecified atom stereocenters. The van der Waals surface area contributed by atoms with Crippen LogP contribution in [0.15, 0.2) is 36.4 Å². The van der Waals surface area contributed by atoms with Crippen LogP contribution in [-0.4, -0.2) is 20.4 Å². The standard InChI is InChI=1S/C17H20FN3O4S/c1-17(2)21(22)16(10-4-7-13(18)14(19)8-10)12-6-5-11(9-15(12)25-17)20-26(3,23)24/h4-9,16,20-21H,19H2,1-3H3. The molecule has 0 fully saturated rings. The van der Waals surface area contributed by atoms with Crippen molar-refractivity contribution in [3.63, 3.8) is 0 Å². The van der Waals surface area contributed by atoms with Crippen molar-refractivity contribution in [2.75, 3.05) is 16.7 Å². The number of rotatable bonds is 3. The second-order valence-corrected chi connectivity index (χ2v) is 8.57. The highest BCUT2D eigenvalue weighted by Crippen LogP contribution is 2.37. The first-order chi connectivity index (χ1) is 12.0. The van der Waals surface area contributed by atoms with Crippen LogP contribution in [0.25, 0.3) is 0 Å². The van der Waals surface area contributed by atoms with Gasteiger partial charge in [0.1, 0.15) is 17.6 Å². The van der Waals surface area contributed by atoms with E-state index >= 15 is 0 Å². The molecule has 0 saturated heterocycles. The van der Waals surface area contributed by atoms with Crippen molar-refractivity contribution >= 4 is 21.4 Å². The van der Waals surface area contributed by atoms with E-state index < -0.39 is 27.6 Å². The molecule has 0 aliphatic carbocycles. The lowest BCUT2D eigenvalue weighted by Gasteiger charge is -2.47. The molecular weight excluding hydrogens is 361 g/mol. The van der Waals surface area contributed by atoms with E-state index in [1.807, 2.05) is 0 Å². The Bertz CT molecular complexity index is 962. The van der Waals surface area contributed by atoms with Crippen LogP contribution < -0.4 is 20.3 Å². The average Bonchev–Trinajstić information content (AvgIpc) is 2.50. The first kappa shape index (κ1) is 18.4. The van der Waals surface area contributed by atoms with Crippen LogP contribution in [0.3, 0.4) is 0 Å². The van der Waals surface area contributed by atoms with Gasteiger partial charge in [-0.2, -0.15) is 0 Å². The molecule has 140 valence electrons. The SMILES string of the molecule is CC1(C)Oc2cc(NS(C)(=O)=O)ccc2C(c2ccc(F)c(N)c2)[NH+]1[O-]. The minimum Gasteiger partial charge on any atom is -0.631 e. The second-order valence-electron chi connectivity index (χ2n) is 6.82. The van der Waals surface area contributed by atoms with E-state index in [9.17, 15) is 18.0 Å². The Balaban J connectivity index is 2.12. The van der Waals surface area contributed by atoms with E-state index in [0.29, 0.717) is 22.6 Å². The maximum absolute atomic E-state index is 13.5. The number of sulfonamides is 1. The van der Waals surface area contributed by atoms with Crippen LogP contribution in [0.5, 0.6) is 5.75 Å². The van der Waals surface area contributed by atoms with Crippen LogP contribution in [0, 0.1) is 11.0 Å². The van der Waals surface area contributed by atoms with E-state index in [1.54, 1.807) is 26.0 Å². The van der Waals surface area contributed by atoms with Crippen molar-refractivity contribution in [2.45, 2.75) is 25.6 Å². The predicted octanol–water partition coefficient (Wildman–Crippen LogP) is 1.38. The van der Waals surface area contributed by atoms with Gasteiger partial charge in [0, 0.05) is 25.5 Å². The number of ether oxygens (including phenoxy) is 1. The van der Waals surface area contributed by atoms with Crippen molar-refractivity contribution in [3.05, 3.63) is 58.5 Å². The van der Waals surface area contributed by atoms with Gasteiger partial charge in [-0.25, -0.2) is 12.8 Å². The number of hydroxylamine groups is 2. The van der Waals surface area contributed by atoms with Crippen LogP contribution >= 0.6 is 0 Å². The van der Waals surface area contributed by atoms with Crippen LogP contribution in [0.4, 0.5) is 15.8 Å². The van der Waals surface area contributed by atoms with Crippen molar-refractivity contribution < 1.29 is 22.6 Å². The number of nitrogen functional groups attached to an aromatic ring is 1. The van der Waals surface area contributed by atoms with Gasteiger partial charge in [-0.05, 0) is 30.3 Å². The maximum atomic E-state index is 13.5. The highest BCUT2D eigenvalue weighted by molar-refractivity contribution is 7.92. The van der Waals surface area contributed by atoms with E-state index in [-0.39, 0.29) is 10.8 Å². The summed E-state index contributed by atoms with van der Waals surface area (Å²) in [5, 5.41) is 12.8. The number of nitrogens with two attached hydrogens (primary N) is 1. The summed E-state index contributed by atoms with van der Waals surface area (Å²) >= 11 is 0. The lowest BCUT2D eigenvalue weighted by molar-refractivity contribution is -0.951. The molecule has 26 heavy (non-hydrogen) atoms. The van der Waals surface area contributed by atoms with Gasteiger partial charge in [-0.3, -0.25) is 4.72 Å². The molecular formula is C17H20FN3O4S.